The third-order valence-electron chi connectivity index (χ3n) is 6.73. The second kappa shape index (κ2) is 10.4. The molecule has 0 fully saturated rings. The summed E-state index contributed by atoms with van der Waals surface area (Å²) in [4.78, 5) is 7.50. The van der Waals surface area contributed by atoms with Gasteiger partial charge in [-0.3, -0.25) is 0 Å². The molecule has 0 spiro atoms. The van der Waals surface area contributed by atoms with Crippen molar-refractivity contribution in [3.63, 3.8) is 0 Å². The van der Waals surface area contributed by atoms with Crippen molar-refractivity contribution in [1.82, 2.24) is 4.90 Å². The van der Waals surface area contributed by atoms with E-state index < -0.39 is 0 Å². The van der Waals surface area contributed by atoms with Crippen LogP contribution in [0.3, 0.4) is 0 Å². The summed E-state index contributed by atoms with van der Waals surface area (Å²) >= 11 is 33.6. The van der Waals surface area contributed by atoms with Gasteiger partial charge in [0.2, 0.25) is 0 Å². The standard InChI is InChI=1S/C29H19Cl5N2S/c30-19-7-4-16(5-8-19)26-15-37-29-35-27-18(12-17-6-9-20(31)13-24(17)33)2-1-3-23(27)28(36(26)29)22-11-10-21(32)14-25(22)34/h4-15,28H,1-3H2. The van der Waals surface area contributed by atoms with Crippen molar-refractivity contribution >= 4 is 86.7 Å². The van der Waals surface area contributed by atoms with E-state index in [0.717, 1.165) is 58.1 Å². The second-order valence-electron chi connectivity index (χ2n) is 9.02. The lowest BCUT2D eigenvalue weighted by Gasteiger charge is -2.40. The van der Waals surface area contributed by atoms with Crippen LogP contribution in [0.15, 0.2) is 87.9 Å². The largest absolute Gasteiger partial charge is 0.308 e. The molecular weight excluding hydrogens is 586 g/mol. The van der Waals surface area contributed by atoms with E-state index in [9.17, 15) is 0 Å². The molecule has 0 bridgehead atoms. The number of rotatable bonds is 3. The molecule has 0 saturated heterocycles. The number of allylic oxidation sites excluding steroid dienone is 1. The van der Waals surface area contributed by atoms with Gasteiger partial charge in [-0.1, -0.05) is 94.0 Å². The Morgan fingerprint density at radius 2 is 1.51 bits per heavy atom. The fraction of sp³-hybridized carbons (Fsp3) is 0.138. The number of amidine groups is 1. The highest BCUT2D eigenvalue weighted by Crippen LogP contribution is 2.52. The van der Waals surface area contributed by atoms with Crippen LogP contribution in [-0.2, 0) is 0 Å². The van der Waals surface area contributed by atoms with Crippen LogP contribution in [0.2, 0.25) is 25.1 Å². The van der Waals surface area contributed by atoms with Gasteiger partial charge in [-0.25, -0.2) is 4.99 Å². The maximum absolute atomic E-state index is 6.84. The van der Waals surface area contributed by atoms with Crippen LogP contribution >= 0.6 is 69.8 Å². The first-order chi connectivity index (χ1) is 17.9. The zero-order valence-corrected chi connectivity index (χ0v) is 23.9. The van der Waals surface area contributed by atoms with E-state index in [2.05, 4.69) is 16.4 Å². The summed E-state index contributed by atoms with van der Waals surface area (Å²) < 4.78 is 0. The molecule has 0 saturated carbocycles. The Kier molecular flexibility index (Phi) is 7.13. The van der Waals surface area contributed by atoms with Gasteiger partial charge in [0.15, 0.2) is 5.17 Å². The molecule has 0 N–H and O–H groups in total. The molecule has 2 aliphatic heterocycles. The quantitative estimate of drug-likeness (QED) is 0.296. The van der Waals surface area contributed by atoms with Crippen molar-refractivity contribution < 1.29 is 0 Å². The van der Waals surface area contributed by atoms with Crippen molar-refractivity contribution in [2.45, 2.75) is 25.3 Å². The maximum Gasteiger partial charge on any atom is 0.174 e. The zero-order chi connectivity index (χ0) is 25.7. The van der Waals surface area contributed by atoms with Gasteiger partial charge in [-0.2, -0.15) is 0 Å². The van der Waals surface area contributed by atoms with E-state index >= 15 is 0 Å². The lowest BCUT2D eigenvalue weighted by Crippen LogP contribution is -2.35. The molecule has 8 heteroatoms. The van der Waals surface area contributed by atoms with Gasteiger partial charge in [0.1, 0.15) is 0 Å². The molecule has 0 aromatic heterocycles. The van der Waals surface area contributed by atoms with Crippen LogP contribution in [-0.4, -0.2) is 10.1 Å². The third kappa shape index (κ3) is 4.87. The summed E-state index contributed by atoms with van der Waals surface area (Å²) in [7, 11) is 0. The topological polar surface area (TPSA) is 15.6 Å². The number of fused-ring (bicyclic) bond motifs is 1. The van der Waals surface area contributed by atoms with Gasteiger partial charge in [0, 0.05) is 30.5 Å². The first kappa shape index (κ1) is 25.4. The normalized spacial score (nSPS) is 20.1. The van der Waals surface area contributed by atoms with Crippen LogP contribution in [0.1, 0.15) is 42.0 Å². The Bertz CT molecular complexity index is 1540. The highest BCUT2D eigenvalue weighted by atomic mass is 35.5. The van der Waals surface area contributed by atoms with Crippen LogP contribution in [0, 0.1) is 0 Å². The Morgan fingerprint density at radius 3 is 2.24 bits per heavy atom. The number of hydrogen-bond acceptors (Lipinski definition) is 3. The molecule has 1 atom stereocenters. The summed E-state index contributed by atoms with van der Waals surface area (Å²) in [5.41, 5.74) is 7.47. The van der Waals surface area contributed by atoms with Gasteiger partial charge >= 0.3 is 0 Å². The van der Waals surface area contributed by atoms with Crippen molar-refractivity contribution in [1.29, 1.82) is 0 Å². The molecule has 1 aliphatic carbocycles. The number of benzene rings is 3. The summed E-state index contributed by atoms with van der Waals surface area (Å²) in [6.45, 7) is 0. The Balaban J connectivity index is 1.52. The third-order valence-corrected chi connectivity index (χ3v) is 8.94. The highest BCUT2D eigenvalue weighted by molar-refractivity contribution is 8.16. The van der Waals surface area contributed by atoms with Crippen LogP contribution < -0.4 is 0 Å². The number of halogens is 5. The second-order valence-corrected chi connectivity index (χ2v) is 12.0. The zero-order valence-electron chi connectivity index (χ0n) is 19.3. The Morgan fingerprint density at radius 1 is 0.811 bits per heavy atom. The maximum atomic E-state index is 6.84. The van der Waals surface area contributed by atoms with Crippen LogP contribution in [0.4, 0.5) is 0 Å². The van der Waals surface area contributed by atoms with Gasteiger partial charge in [-0.05, 0) is 89.6 Å². The van der Waals surface area contributed by atoms with E-state index in [1.807, 2.05) is 54.6 Å². The average Bonchev–Trinajstić information content (AvgIpc) is 3.29. The first-order valence-electron chi connectivity index (χ1n) is 11.7. The molecule has 3 aliphatic rings. The monoisotopic (exact) mass is 602 g/mol. The highest BCUT2D eigenvalue weighted by Gasteiger charge is 2.41. The minimum atomic E-state index is -0.117. The van der Waals surface area contributed by atoms with E-state index in [4.69, 9.17) is 63.0 Å². The lowest BCUT2D eigenvalue weighted by atomic mass is 9.82. The smallest absolute Gasteiger partial charge is 0.174 e. The Labute approximate surface area is 245 Å². The van der Waals surface area contributed by atoms with Crippen molar-refractivity contribution in [3.05, 3.63) is 125 Å². The van der Waals surface area contributed by atoms with Crippen LogP contribution in [0.25, 0.3) is 11.8 Å². The van der Waals surface area contributed by atoms with Gasteiger partial charge < -0.3 is 4.90 Å². The molecule has 0 radical (unpaired) electrons. The Hall–Kier alpha value is -1.85. The van der Waals surface area contributed by atoms with Gasteiger partial charge in [0.25, 0.3) is 0 Å². The fourth-order valence-electron chi connectivity index (χ4n) is 5.05. The molecular formula is C29H19Cl5N2S. The predicted octanol–water partition coefficient (Wildman–Crippen LogP) is 10.9. The summed E-state index contributed by atoms with van der Waals surface area (Å²) in [6.07, 6.45) is 4.97. The molecule has 3 aromatic rings. The summed E-state index contributed by atoms with van der Waals surface area (Å²) in [6, 6.07) is 19.1. The first-order valence-corrected chi connectivity index (χ1v) is 14.5. The number of thioether (sulfide) groups is 1. The van der Waals surface area contributed by atoms with E-state index in [-0.39, 0.29) is 6.04 Å². The van der Waals surface area contributed by atoms with Crippen molar-refractivity contribution in [2.24, 2.45) is 4.99 Å². The molecule has 3 aromatic carbocycles. The minimum Gasteiger partial charge on any atom is -0.308 e. The molecule has 186 valence electrons. The van der Waals surface area contributed by atoms with E-state index in [0.29, 0.717) is 25.1 Å². The lowest BCUT2D eigenvalue weighted by molar-refractivity contribution is 0.458. The van der Waals surface area contributed by atoms with Crippen molar-refractivity contribution in [2.75, 3.05) is 0 Å². The fourth-order valence-corrected chi connectivity index (χ4v) is 7.08. The van der Waals surface area contributed by atoms with Gasteiger partial charge in [0.05, 0.1) is 17.4 Å². The summed E-state index contributed by atoms with van der Waals surface area (Å²) in [5.74, 6) is 0. The van der Waals surface area contributed by atoms with E-state index in [1.54, 1.807) is 17.8 Å². The average molecular weight is 605 g/mol. The molecule has 2 nitrogen and oxygen atoms in total. The molecule has 2 heterocycles. The number of aliphatic imine (C=N–C) groups is 1. The summed E-state index contributed by atoms with van der Waals surface area (Å²) in [5, 5.41) is 6.24. The SMILES string of the molecule is Clc1ccc(C2=CSC3=NC4=C(CCCC4=Cc4ccc(Cl)cc4Cl)C(c4ccc(Cl)cc4Cl)N23)cc1. The predicted molar refractivity (Wildman–Crippen MR) is 161 cm³/mol. The van der Waals surface area contributed by atoms with Crippen LogP contribution in [0.5, 0.6) is 0 Å². The van der Waals surface area contributed by atoms with E-state index in [1.165, 1.54) is 5.57 Å². The molecule has 37 heavy (non-hydrogen) atoms. The van der Waals surface area contributed by atoms with Crippen molar-refractivity contribution in [3.8, 4) is 0 Å². The minimum absolute atomic E-state index is 0.117. The number of hydrogen-bond donors (Lipinski definition) is 0. The molecule has 1 unspecified atom stereocenters. The molecule has 6 rings (SSSR count). The van der Waals surface area contributed by atoms with Gasteiger partial charge in [-0.15, -0.1) is 0 Å². The molecule has 0 amide bonds. The number of nitrogens with zero attached hydrogens (tertiary/aromatic N) is 2.